The standard InChI is InChI=1S/C14H20N2O2/c1-3-16-9-11(8-13(16)17)14(15)10-4-6-12(18-2)7-5-10/h4-7,11,14H,3,8-9,15H2,1-2H3. The maximum Gasteiger partial charge on any atom is 0.222 e. The van der Waals surface area contributed by atoms with Gasteiger partial charge in [-0.2, -0.15) is 0 Å². The number of nitrogens with zero attached hydrogens (tertiary/aromatic N) is 1. The molecule has 0 bridgehead atoms. The number of carbonyl (C=O) groups is 1. The van der Waals surface area contributed by atoms with E-state index in [0.29, 0.717) is 6.42 Å². The summed E-state index contributed by atoms with van der Waals surface area (Å²) in [4.78, 5) is 13.6. The molecule has 1 aliphatic heterocycles. The van der Waals surface area contributed by atoms with E-state index >= 15 is 0 Å². The van der Waals surface area contributed by atoms with Gasteiger partial charge in [0.1, 0.15) is 5.75 Å². The number of benzene rings is 1. The van der Waals surface area contributed by atoms with Crippen LogP contribution in [0.5, 0.6) is 5.75 Å². The van der Waals surface area contributed by atoms with Crippen LogP contribution in [-0.2, 0) is 4.79 Å². The lowest BCUT2D eigenvalue weighted by atomic mass is 9.93. The highest BCUT2D eigenvalue weighted by Gasteiger charge is 2.32. The van der Waals surface area contributed by atoms with Gasteiger partial charge in [0.25, 0.3) is 0 Å². The fourth-order valence-corrected chi connectivity index (χ4v) is 2.45. The van der Waals surface area contributed by atoms with Gasteiger partial charge in [0.2, 0.25) is 5.91 Å². The molecule has 1 aromatic carbocycles. The molecule has 18 heavy (non-hydrogen) atoms. The van der Waals surface area contributed by atoms with Crippen LogP contribution in [-0.4, -0.2) is 31.0 Å². The van der Waals surface area contributed by atoms with Crippen LogP contribution in [0.15, 0.2) is 24.3 Å². The zero-order chi connectivity index (χ0) is 13.1. The lowest BCUT2D eigenvalue weighted by molar-refractivity contribution is -0.127. The van der Waals surface area contributed by atoms with Crippen molar-refractivity contribution in [1.29, 1.82) is 0 Å². The van der Waals surface area contributed by atoms with Gasteiger partial charge in [0, 0.05) is 31.5 Å². The van der Waals surface area contributed by atoms with E-state index in [0.717, 1.165) is 24.4 Å². The van der Waals surface area contributed by atoms with E-state index < -0.39 is 0 Å². The molecular weight excluding hydrogens is 228 g/mol. The second-order valence-electron chi connectivity index (χ2n) is 4.70. The van der Waals surface area contributed by atoms with Crippen LogP contribution in [0.3, 0.4) is 0 Å². The molecule has 0 radical (unpaired) electrons. The second-order valence-corrected chi connectivity index (χ2v) is 4.70. The summed E-state index contributed by atoms with van der Waals surface area (Å²) >= 11 is 0. The van der Waals surface area contributed by atoms with Crippen molar-refractivity contribution in [2.75, 3.05) is 20.2 Å². The normalized spacial score (nSPS) is 21.2. The first-order valence-electron chi connectivity index (χ1n) is 6.33. The summed E-state index contributed by atoms with van der Waals surface area (Å²) in [6.45, 7) is 3.53. The number of likely N-dealkylation sites (tertiary alicyclic amines) is 1. The average Bonchev–Trinajstić information content (AvgIpc) is 2.79. The van der Waals surface area contributed by atoms with Gasteiger partial charge in [-0.1, -0.05) is 12.1 Å². The molecule has 1 amide bonds. The molecule has 1 aromatic rings. The monoisotopic (exact) mass is 248 g/mol. The van der Waals surface area contributed by atoms with Crippen molar-refractivity contribution in [3.05, 3.63) is 29.8 Å². The molecule has 98 valence electrons. The number of methoxy groups -OCH3 is 1. The Balaban J connectivity index is 2.07. The molecule has 1 aliphatic rings. The summed E-state index contributed by atoms with van der Waals surface area (Å²) in [5.74, 6) is 1.25. The van der Waals surface area contributed by atoms with Gasteiger partial charge in [-0.05, 0) is 24.6 Å². The summed E-state index contributed by atoms with van der Waals surface area (Å²) in [6.07, 6.45) is 0.557. The maximum atomic E-state index is 11.7. The third-order valence-electron chi connectivity index (χ3n) is 3.63. The first-order chi connectivity index (χ1) is 8.65. The van der Waals surface area contributed by atoms with Crippen LogP contribution >= 0.6 is 0 Å². The Hall–Kier alpha value is -1.55. The molecule has 1 heterocycles. The first kappa shape index (κ1) is 12.9. The summed E-state index contributed by atoms with van der Waals surface area (Å²) < 4.78 is 5.12. The van der Waals surface area contributed by atoms with Gasteiger partial charge in [-0.15, -0.1) is 0 Å². The van der Waals surface area contributed by atoms with Crippen molar-refractivity contribution in [1.82, 2.24) is 4.90 Å². The molecule has 1 saturated heterocycles. The fraction of sp³-hybridized carbons (Fsp3) is 0.500. The number of carbonyl (C=O) groups excluding carboxylic acids is 1. The molecule has 4 nitrogen and oxygen atoms in total. The van der Waals surface area contributed by atoms with E-state index in [1.807, 2.05) is 36.1 Å². The SMILES string of the molecule is CCN1CC(C(N)c2ccc(OC)cc2)CC1=O. The number of nitrogens with two attached hydrogens (primary N) is 1. The van der Waals surface area contributed by atoms with Crippen molar-refractivity contribution < 1.29 is 9.53 Å². The summed E-state index contributed by atoms with van der Waals surface area (Å²) in [6, 6.07) is 7.68. The van der Waals surface area contributed by atoms with Gasteiger partial charge in [0.15, 0.2) is 0 Å². The van der Waals surface area contributed by atoms with Crippen molar-refractivity contribution in [3.63, 3.8) is 0 Å². The largest absolute Gasteiger partial charge is 0.497 e. The molecule has 0 aliphatic carbocycles. The fourth-order valence-electron chi connectivity index (χ4n) is 2.45. The van der Waals surface area contributed by atoms with Crippen LogP contribution in [0.4, 0.5) is 0 Å². The predicted molar refractivity (Wildman–Crippen MR) is 70.3 cm³/mol. The van der Waals surface area contributed by atoms with E-state index in [2.05, 4.69) is 0 Å². The minimum atomic E-state index is -0.0867. The highest BCUT2D eigenvalue weighted by molar-refractivity contribution is 5.78. The minimum absolute atomic E-state index is 0.0867. The number of ether oxygens (including phenoxy) is 1. The molecule has 2 atom stereocenters. The predicted octanol–water partition coefficient (Wildman–Crippen LogP) is 1.56. The number of rotatable bonds is 4. The lowest BCUT2D eigenvalue weighted by Gasteiger charge is -2.20. The zero-order valence-corrected chi connectivity index (χ0v) is 10.9. The minimum Gasteiger partial charge on any atom is -0.497 e. The Morgan fingerprint density at radius 2 is 2.11 bits per heavy atom. The molecule has 4 heteroatoms. The Bertz CT molecular complexity index is 416. The molecule has 0 spiro atoms. The number of amides is 1. The van der Waals surface area contributed by atoms with Gasteiger partial charge in [0.05, 0.1) is 7.11 Å². The van der Waals surface area contributed by atoms with Crippen molar-refractivity contribution in [2.45, 2.75) is 19.4 Å². The molecule has 1 fully saturated rings. The van der Waals surface area contributed by atoms with Crippen LogP contribution in [0.25, 0.3) is 0 Å². The third kappa shape index (κ3) is 2.48. The van der Waals surface area contributed by atoms with Gasteiger partial charge in [-0.25, -0.2) is 0 Å². The van der Waals surface area contributed by atoms with Gasteiger partial charge < -0.3 is 15.4 Å². The van der Waals surface area contributed by atoms with E-state index in [1.54, 1.807) is 7.11 Å². The highest BCUT2D eigenvalue weighted by atomic mass is 16.5. The van der Waals surface area contributed by atoms with E-state index in [1.165, 1.54) is 0 Å². The van der Waals surface area contributed by atoms with Crippen LogP contribution in [0.2, 0.25) is 0 Å². The molecular formula is C14H20N2O2. The summed E-state index contributed by atoms with van der Waals surface area (Å²) in [7, 11) is 1.64. The summed E-state index contributed by atoms with van der Waals surface area (Å²) in [5.41, 5.74) is 7.31. The smallest absolute Gasteiger partial charge is 0.222 e. The van der Waals surface area contributed by atoms with E-state index in [4.69, 9.17) is 10.5 Å². The van der Waals surface area contributed by atoms with Crippen molar-refractivity contribution in [3.8, 4) is 5.75 Å². The Morgan fingerprint density at radius 3 is 2.61 bits per heavy atom. The van der Waals surface area contributed by atoms with Crippen LogP contribution in [0.1, 0.15) is 24.9 Å². The van der Waals surface area contributed by atoms with Crippen molar-refractivity contribution >= 4 is 5.91 Å². The average molecular weight is 248 g/mol. The molecule has 0 aromatic heterocycles. The first-order valence-corrected chi connectivity index (χ1v) is 6.33. The van der Waals surface area contributed by atoms with Crippen molar-refractivity contribution in [2.24, 2.45) is 11.7 Å². The Labute approximate surface area is 108 Å². The molecule has 2 N–H and O–H groups in total. The van der Waals surface area contributed by atoms with Gasteiger partial charge >= 0.3 is 0 Å². The molecule has 0 saturated carbocycles. The van der Waals surface area contributed by atoms with E-state index in [9.17, 15) is 4.79 Å². The number of hydrogen-bond donors (Lipinski definition) is 1. The lowest BCUT2D eigenvalue weighted by Crippen LogP contribution is -2.27. The van der Waals surface area contributed by atoms with Gasteiger partial charge in [-0.3, -0.25) is 4.79 Å². The van der Waals surface area contributed by atoms with Crippen LogP contribution < -0.4 is 10.5 Å². The quantitative estimate of drug-likeness (QED) is 0.879. The highest BCUT2D eigenvalue weighted by Crippen LogP contribution is 2.29. The van der Waals surface area contributed by atoms with E-state index in [-0.39, 0.29) is 17.9 Å². The number of hydrogen-bond acceptors (Lipinski definition) is 3. The second kappa shape index (κ2) is 5.40. The molecule has 2 rings (SSSR count). The Morgan fingerprint density at radius 1 is 1.44 bits per heavy atom. The topological polar surface area (TPSA) is 55.6 Å². The Kier molecular flexibility index (Phi) is 3.87. The summed E-state index contributed by atoms with van der Waals surface area (Å²) in [5, 5.41) is 0. The maximum absolute atomic E-state index is 11.7. The zero-order valence-electron chi connectivity index (χ0n) is 10.9. The van der Waals surface area contributed by atoms with Crippen LogP contribution in [0, 0.1) is 5.92 Å². The third-order valence-corrected chi connectivity index (χ3v) is 3.63. The molecule has 2 unspecified atom stereocenters.